The fourth-order valence-electron chi connectivity index (χ4n) is 0.506. The minimum absolute atomic E-state index is 0.108. The van der Waals surface area contributed by atoms with E-state index in [0.717, 1.165) is 0 Å². The molecule has 0 radical (unpaired) electrons. The van der Waals surface area contributed by atoms with E-state index in [-0.39, 0.29) is 5.43 Å². The van der Waals surface area contributed by atoms with Crippen molar-refractivity contribution < 1.29 is 0 Å². The molecule has 0 unspecified atom stereocenters. The summed E-state index contributed by atoms with van der Waals surface area (Å²) in [6.07, 6.45) is 2.90. The zero-order chi connectivity index (χ0) is 8.69. The van der Waals surface area contributed by atoms with Crippen molar-refractivity contribution in [2.24, 2.45) is 0 Å². The molecule has 1 rings (SSSR count). The third-order valence-corrected chi connectivity index (χ3v) is 0.940. The van der Waals surface area contributed by atoms with Crippen LogP contribution in [0.2, 0.25) is 0 Å². The maximum Gasteiger partial charge on any atom is 0.207 e. The van der Waals surface area contributed by atoms with Crippen LogP contribution in [-0.2, 0) is 0 Å². The first kappa shape index (κ1) is 9.62. The number of hydrogen-bond acceptors (Lipinski definition) is 2. The second-order valence-corrected chi connectivity index (χ2v) is 1.53. The summed E-state index contributed by atoms with van der Waals surface area (Å²) >= 11 is 0. The molecule has 1 heterocycles. The van der Waals surface area contributed by atoms with Gasteiger partial charge in [-0.2, -0.15) is 5.10 Å². The summed E-state index contributed by atoms with van der Waals surface area (Å²) in [5.74, 6) is 0. The summed E-state index contributed by atoms with van der Waals surface area (Å²) in [6.45, 7) is 7.41. The largest absolute Gasteiger partial charge is 0.287 e. The molecule has 60 valence electrons. The molecule has 0 atom stereocenters. The minimum atomic E-state index is -0.108. The van der Waals surface area contributed by atoms with E-state index in [1.54, 1.807) is 0 Å². The van der Waals surface area contributed by atoms with Gasteiger partial charge in [-0.05, 0) is 6.08 Å². The second kappa shape index (κ2) is 5.41. The maximum absolute atomic E-state index is 10.7. The van der Waals surface area contributed by atoms with Crippen LogP contribution in [0.25, 0.3) is 6.08 Å². The van der Waals surface area contributed by atoms with Crippen LogP contribution >= 0.6 is 0 Å². The van der Waals surface area contributed by atoms with E-state index >= 15 is 0 Å². The highest BCUT2D eigenvalue weighted by Gasteiger charge is 1.89. The molecule has 3 heteroatoms. The standard InChI is InChI=1S/C6H6N2O.C2H6/c1-2-5-6(9)3-4-7-8-5;1-2/h2-4H,1H2,(H,7,9);1-2H3. The lowest BCUT2D eigenvalue weighted by Crippen LogP contribution is -2.05. The van der Waals surface area contributed by atoms with Gasteiger partial charge in [0.05, 0.1) is 0 Å². The summed E-state index contributed by atoms with van der Waals surface area (Å²) in [6, 6.07) is 1.41. The fourth-order valence-corrected chi connectivity index (χ4v) is 0.506. The molecule has 0 aliphatic heterocycles. The van der Waals surface area contributed by atoms with Crippen molar-refractivity contribution in [3.63, 3.8) is 0 Å². The van der Waals surface area contributed by atoms with Crippen LogP contribution in [0.3, 0.4) is 0 Å². The van der Waals surface area contributed by atoms with Crippen LogP contribution < -0.4 is 5.43 Å². The Morgan fingerprint density at radius 1 is 1.64 bits per heavy atom. The molecule has 0 saturated heterocycles. The van der Waals surface area contributed by atoms with Crippen LogP contribution in [0, 0.1) is 0 Å². The Labute approximate surface area is 65.8 Å². The van der Waals surface area contributed by atoms with E-state index in [1.165, 1.54) is 18.3 Å². The predicted molar refractivity (Wildman–Crippen MR) is 46.3 cm³/mol. The monoisotopic (exact) mass is 152 g/mol. The average Bonchev–Trinajstić information content (AvgIpc) is 2.09. The van der Waals surface area contributed by atoms with Crippen LogP contribution in [0.1, 0.15) is 19.5 Å². The lowest BCUT2D eigenvalue weighted by Gasteiger charge is -1.84. The summed E-state index contributed by atoms with van der Waals surface area (Å²) in [5, 5.41) is 6.17. The van der Waals surface area contributed by atoms with Crippen molar-refractivity contribution in [2.45, 2.75) is 13.8 Å². The molecule has 3 nitrogen and oxygen atoms in total. The van der Waals surface area contributed by atoms with Crippen molar-refractivity contribution in [1.82, 2.24) is 10.2 Å². The van der Waals surface area contributed by atoms with Crippen LogP contribution in [0.5, 0.6) is 0 Å². The zero-order valence-corrected chi connectivity index (χ0v) is 6.79. The number of hydrogen-bond donors (Lipinski definition) is 1. The smallest absolute Gasteiger partial charge is 0.207 e. The molecule has 1 aromatic heterocycles. The Morgan fingerprint density at radius 2 is 2.27 bits per heavy atom. The van der Waals surface area contributed by atoms with E-state index in [4.69, 9.17) is 0 Å². The van der Waals surface area contributed by atoms with E-state index in [0.29, 0.717) is 5.69 Å². The number of aromatic nitrogens is 2. The van der Waals surface area contributed by atoms with Crippen molar-refractivity contribution >= 4 is 6.08 Å². The highest BCUT2D eigenvalue weighted by Crippen LogP contribution is 1.80. The summed E-state index contributed by atoms with van der Waals surface area (Å²) < 4.78 is 0. The van der Waals surface area contributed by atoms with Gasteiger partial charge in [-0.1, -0.05) is 20.4 Å². The predicted octanol–water partition coefficient (Wildman–Crippen LogP) is 1.44. The van der Waals surface area contributed by atoms with Crippen molar-refractivity contribution in [1.29, 1.82) is 0 Å². The van der Waals surface area contributed by atoms with Gasteiger partial charge in [0.25, 0.3) is 0 Å². The van der Waals surface area contributed by atoms with Gasteiger partial charge in [-0.15, -0.1) is 0 Å². The Kier molecular flexibility index (Phi) is 4.73. The summed E-state index contributed by atoms with van der Waals surface area (Å²) in [4.78, 5) is 10.7. The van der Waals surface area contributed by atoms with E-state index < -0.39 is 0 Å². The lowest BCUT2D eigenvalue weighted by atomic mass is 10.4. The van der Waals surface area contributed by atoms with Crippen LogP contribution in [-0.4, -0.2) is 10.2 Å². The maximum atomic E-state index is 10.7. The van der Waals surface area contributed by atoms with E-state index in [1.807, 2.05) is 13.8 Å². The van der Waals surface area contributed by atoms with Gasteiger partial charge >= 0.3 is 0 Å². The normalized spacial score (nSPS) is 7.82. The van der Waals surface area contributed by atoms with Gasteiger partial charge in [-0.3, -0.25) is 9.89 Å². The molecule has 0 fully saturated rings. The first-order valence-corrected chi connectivity index (χ1v) is 3.51. The first-order valence-electron chi connectivity index (χ1n) is 3.51. The third-order valence-electron chi connectivity index (χ3n) is 0.940. The lowest BCUT2D eigenvalue weighted by molar-refractivity contribution is 1.00. The first-order chi connectivity index (χ1) is 5.34. The topological polar surface area (TPSA) is 45.8 Å². The molecule has 0 aliphatic carbocycles. The molecule has 11 heavy (non-hydrogen) atoms. The molecule has 0 amide bonds. The molecule has 0 bridgehead atoms. The van der Waals surface area contributed by atoms with Crippen molar-refractivity contribution in [3.05, 3.63) is 34.8 Å². The number of nitrogens with one attached hydrogen (secondary N) is 1. The Balaban J connectivity index is 0.000000461. The molecule has 0 spiro atoms. The van der Waals surface area contributed by atoms with Crippen LogP contribution in [0.4, 0.5) is 0 Å². The SMILES string of the molecule is C=Cc1n[nH]ccc1=O.CC. The number of nitrogens with zero attached hydrogens (tertiary/aromatic N) is 1. The summed E-state index contributed by atoms with van der Waals surface area (Å²) in [7, 11) is 0. The molecule has 1 aromatic rings. The molecule has 0 saturated carbocycles. The van der Waals surface area contributed by atoms with Crippen molar-refractivity contribution in [2.75, 3.05) is 0 Å². The Hall–Kier alpha value is -1.38. The number of H-pyrrole nitrogens is 1. The highest BCUT2D eigenvalue weighted by atomic mass is 16.1. The van der Waals surface area contributed by atoms with E-state index in [9.17, 15) is 4.79 Å². The van der Waals surface area contributed by atoms with Gasteiger partial charge in [0.2, 0.25) is 5.43 Å². The third kappa shape index (κ3) is 2.80. The number of aromatic amines is 1. The summed E-state index contributed by atoms with van der Waals surface area (Å²) in [5.41, 5.74) is 0.251. The highest BCUT2D eigenvalue weighted by molar-refractivity contribution is 5.39. The van der Waals surface area contributed by atoms with Gasteiger partial charge in [0.1, 0.15) is 5.69 Å². The van der Waals surface area contributed by atoms with Gasteiger partial charge < -0.3 is 0 Å². The van der Waals surface area contributed by atoms with Crippen LogP contribution in [0.15, 0.2) is 23.6 Å². The van der Waals surface area contributed by atoms with Gasteiger partial charge in [-0.25, -0.2) is 0 Å². The Bertz CT molecular complexity index is 265. The van der Waals surface area contributed by atoms with E-state index in [2.05, 4.69) is 16.8 Å². The van der Waals surface area contributed by atoms with Crippen molar-refractivity contribution in [3.8, 4) is 0 Å². The molecule has 1 N–H and O–H groups in total. The molecule has 0 aliphatic rings. The Morgan fingerprint density at radius 3 is 2.64 bits per heavy atom. The second-order valence-electron chi connectivity index (χ2n) is 1.53. The quantitative estimate of drug-likeness (QED) is 0.661. The van der Waals surface area contributed by atoms with Gasteiger partial charge in [0.15, 0.2) is 0 Å². The zero-order valence-electron chi connectivity index (χ0n) is 6.79. The van der Waals surface area contributed by atoms with Gasteiger partial charge in [0, 0.05) is 12.3 Å². The number of rotatable bonds is 1. The fraction of sp³-hybridized carbons (Fsp3) is 0.250. The molecule has 0 aromatic carbocycles. The molecular formula is C8H12N2O. The average molecular weight is 152 g/mol. The minimum Gasteiger partial charge on any atom is -0.287 e. The molecular weight excluding hydrogens is 140 g/mol.